The van der Waals surface area contributed by atoms with Crippen LogP contribution in [0.1, 0.15) is 49.3 Å². The van der Waals surface area contributed by atoms with E-state index in [9.17, 15) is 13.2 Å². The molecule has 0 saturated carbocycles. The van der Waals surface area contributed by atoms with Gasteiger partial charge in [0, 0.05) is 24.7 Å². The number of aryl methyl sites for hydroxylation is 1. The number of sulfonamides is 1. The molecule has 5 nitrogen and oxygen atoms in total. The molecule has 2 aromatic rings. The molecule has 1 aliphatic carbocycles. The summed E-state index contributed by atoms with van der Waals surface area (Å²) in [5, 5.41) is 0. The predicted molar refractivity (Wildman–Crippen MR) is 105 cm³/mol. The van der Waals surface area contributed by atoms with Crippen molar-refractivity contribution in [3.63, 3.8) is 0 Å². The number of hydrogen-bond donors (Lipinski definition) is 1. The number of hydrogen-bond acceptors (Lipinski definition) is 3. The van der Waals surface area contributed by atoms with Crippen LogP contribution in [0.25, 0.3) is 0 Å². The molecule has 0 aromatic heterocycles. The Labute approximate surface area is 160 Å². The van der Waals surface area contributed by atoms with E-state index in [1.54, 1.807) is 29.2 Å². The van der Waals surface area contributed by atoms with Crippen LogP contribution in [-0.2, 0) is 21.2 Å². The molecule has 1 N–H and O–H groups in total. The Balaban J connectivity index is 1.54. The molecule has 0 radical (unpaired) electrons. The van der Waals surface area contributed by atoms with E-state index in [0.717, 1.165) is 43.4 Å². The number of anilines is 1. The highest BCUT2D eigenvalue weighted by Gasteiger charge is 2.26. The van der Waals surface area contributed by atoms with Gasteiger partial charge in [0.05, 0.1) is 4.90 Å². The first kappa shape index (κ1) is 18.2. The fourth-order valence-electron chi connectivity index (χ4n) is 4.02. The summed E-state index contributed by atoms with van der Waals surface area (Å²) in [6, 6.07) is 14.5. The fourth-order valence-corrected chi connectivity index (χ4v) is 5.27. The molecule has 2 aliphatic rings. The Morgan fingerprint density at radius 2 is 1.70 bits per heavy atom. The lowest BCUT2D eigenvalue weighted by Crippen LogP contribution is -2.35. The zero-order valence-corrected chi connectivity index (χ0v) is 16.0. The van der Waals surface area contributed by atoms with Gasteiger partial charge in [-0.25, -0.2) is 13.1 Å². The van der Waals surface area contributed by atoms with Gasteiger partial charge in [-0.2, -0.15) is 0 Å². The summed E-state index contributed by atoms with van der Waals surface area (Å²) in [6.45, 7) is 0.696. The largest absolute Gasteiger partial charge is 0.312 e. The quantitative estimate of drug-likeness (QED) is 0.876. The van der Waals surface area contributed by atoms with Crippen LogP contribution in [0, 0.1) is 0 Å². The van der Waals surface area contributed by atoms with Gasteiger partial charge in [-0.3, -0.25) is 4.79 Å². The zero-order chi connectivity index (χ0) is 18.9. The molecule has 142 valence electrons. The highest BCUT2D eigenvalue weighted by Crippen LogP contribution is 2.31. The van der Waals surface area contributed by atoms with Crippen LogP contribution in [0.15, 0.2) is 53.4 Å². The van der Waals surface area contributed by atoms with Crippen molar-refractivity contribution in [1.82, 2.24) is 4.72 Å². The molecule has 1 saturated heterocycles. The van der Waals surface area contributed by atoms with Crippen LogP contribution >= 0.6 is 0 Å². The van der Waals surface area contributed by atoms with Gasteiger partial charge >= 0.3 is 0 Å². The van der Waals surface area contributed by atoms with Gasteiger partial charge in [-0.1, -0.05) is 24.3 Å². The monoisotopic (exact) mass is 384 g/mol. The van der Waals surface area contributed by atoms with Crippen molar-refractivity contribution in [2.45, 2.75) is 49.5 Å². The van der Waals surface area contributed by atoms with Gasteiger partial charge in [-0.05, 0) is 67.5 Å². The maximum atomic E-state index is 12.9. The first-order valence-corrected chi connectivity index (χ1v) is 11.0. The van der Waals surface area contributed by atoms with E-state index in [1.165, 1.54) is 5.56 Å². The standard InChI is InChI=1S/C21H24N2O3S/c24-21-10-3-4-15-23(21)17-11-13-18(14-12-17)27(25,26)22-20-9-5-7-16-6-1-2-8-19(16)20/h1-2,6,8,11-14,20,22H,3-5,7,9-10,15H2. The number of nitrogens with zero attached hydrogens (tertiary/aromatic N) is 1. The third-order valence-electron chi connectivity index (χ3n) is 5.45. The molecule has 1 aliphatic heterocycles. The summed E-state index contributed by atoms with van der Waals surface area (Å²) in [4.78, 5) is 14.0. The van der Waals surface area contributed by atoms with Crippen molar-refractivity contribution in [1.29, 1.82) is 0 Å². The average molecular weight is 385 g/mol. The second-order valence-corrected chi connectivity index (χ2v) is 8.98. The second-order valence-electron chi connectivity index (χ2n) is 7.26. The second kappa shape index (κ2) is 7.44. The summed E-state index contributed by atoms with van der Waals surface area (Å²) < 4.78 is 28.6. The van der Waals surface area contributed by atoms with Crippen LogP contribution in [0.4, 0.5) is 5.69 Å². The number of benzene rings is 2. The minimum absolute atomic E-state index is 0.105. The first-order valence-electron chi connectivity index (χ1n) is 9.55. The van der Waals surface area contributed by atoms with Crippen LogP contribution < -0.4 is 9.62 Å². The molecular weight excluding hydrogens is 360 g/mol. The molecule has 6 heteroatoms. The minimum atomic E-state index is -3.62. The molecule has 1 fully saturated rings. The molecule has 4 rings (SSSR count). The molecule has 0 bridgehead atoms. The van der Waals surface area contributed by atoms with E-state index in [0.29, 0.717) is 13.0 Å². The number of piperidine rings is 1. The summed E-state index contributed by atoms with van der Waals surface area (Å²) >= 11 is 0. The topological polar surface area (TPSA) is 66.5 Å². The van der Waals surface area contributed by atoms with Gasteiger partial charge in [0.1, 0.15) is 0 Å². The van der Waals surface area contributed by atoms with E-state index >= 15 is 0 Å². The molecule has 1 unspecified atom stereocenters. The van der Waals surface area contributed by atoms with Crippen molar-refractivity contribution < 1.29 is 13.2 Å². The summed E-state index contributed by atoms with van der Waals surface area (Å²) in [6.07, 6.45) is 5.23. The van der Waals surface area contributed by atoms with Gasteiger partial charge < -0.3 is 4.90 Å². The van der Waals surface area contributed by atoms with E-state index in [2.05, 4.69) is 10.8 Å². The molecule has 2 aromatic carbocycles. The zero-order valence-electron chi connectivity index (χ0n) is 15.2. The number of fused-ring (bicyclic) bond motifs is 1. The number of amides is 1. The summed E-state index contributed by atoms with van der Waals surface area (Å²) in [5.41, 5.74) is 3.06. The van der Waals surface area contributed by atoms with Gasteiger partial charge in [0.15, 0.2) is 0 Å². The van der Waals surface area contributed by atoms with Crippen molar-refractivity contribution >= 4 is 21.6 Å². The number of carbonyl (C=O) groups is 1. The molecule has 1 atom stereocenters. The smallest absolute Gasteiger partial charge is 0.241 e. The Kier molecular flexibility index (Phi) is 5.02. The van der Waals surface area contributed by atoms with Crippen molar-refractivity contribution in [2.24, 2.45) is 0 Å². The fraction of sp³-hybridized carbons (Fsp3) is 0.381. The van der Waals surface area contributed by atoms with Crippen molar-refractivity contribution in [3.05, 3.63) is 59.7 Å². The summed E-state index contributed by atoms with van der Waals surface area (Å²) in [5.74, 6) is 0.105. The number of carbonyl (C=O) groups excluding carboxylic acids is 1. The SMILES string of the molecule is O=C1CCCCN1c1ccc(S(=O)(=O)NC2CCCc3ccccc32)cc1. The van der Waals surface area contributed by atoms with E-state index in [4.69, 9.17) is 0 Å². The Hall–Kier alpha value is -2.18. The average Bonchev–Trinajstić information content (AvgIpc) is 2.69. The van der Waals surface area contributed by atoms with Gasteiger partial charge in [0.25, 0.3) is 0 Å². The van der Waals surface area contributed by atoms with E-state index in [1.807, 2.05) is 18.2 Å². The maximum absolute atomic E-state index is 12.9. The predicted octanol–water partition coefficient (Wildman–Crippen LogP) is 3.56. The van der Waals surface area contributed by atoms with E-state index in [-0.39, 0.29) is 16.8 Å². The van der Waals surface area contributed by atoms with E-state index < -0.39 is 10.0 Å². The maximum Gasteiger partial charge on any atom is 0.241 e. The number of rotatable bonds is 4. The van der Waals surface area contributed by atoms with Gasteiger partial charge in [-0.15, -0.1) is 0 Å². The Morgan fingerprint density at radius 1 is 0.926 bits per heavy atom. The minimum Gasteiger partial charge on any atom is -0.312 e. The molecule has 27 heavy (non-hydrogen) atoms. The van der Waals surface area contributed by atoms with Crippen LogP contribution in [-0.4, -0.2) is 20.9 Å². The third kappa shape index (κ3) is 3.77. The first-order chi connectivity index (χ1) is 13.0. The highest BCUT2D eigenvalue weighted by atomic mass is 32.2. The van der Waals surface area contributed by atoms with Gasteiger partial charge in [0.2, 0.25) is 15.9 Å². The van der Waals surface area contributed by atoms with Crippen LogP contribution in [0.3, 0.4) is 0 Å². The Bertz CT molecular complexity index is 938. The molecule has 1 heterocycles. The third-order valence-corrected chi connectivity index (χ3v) is 6.94. The Morgan fingerprint density at radius 3 is 2.48 bits per heavy atom. The normalized spacial score (nSPS) is 20.4. The molecular formula is C21H24N2O3S. The highest BCUT2D eigenvalue weighted by molar-refractivity contribution is 7.89. The summed E-state index contributed by atoms with van der Waals surface area (Å²) in [7, 11) is -3.62. The lowest BCUT2D eigenvalue weighted by molar-refractivity contribution is -0.119. The van der Waals surface area contributed by atoms with Crippen LogP contribution in [0.5, 0.6) is 0 Å². The van der Waals surface area contributed by atoms with Crippen molar-refractivity contribution in [3.8, 4) is 0 Å². The molecule has 1 amide bonds. The van der Waals surface area contributed by atoms with Crippen LogP contribution in [0.2, 0.25) is 0 Å². The lowest BCUT2D eigenvalue weighted by Gasteiger charge is -2.27. The molecule has 0 spiro atoms. The number of nitrogens with one attached hydrogen (secondary N) is 1. The lowest BCUT2D eigenvalue weighted by atomic mass is 9.88. The van der Waals surface area contributed by atoms with Crippen molar-refractivity contribution in [2.75, 3.05) is 11.4 Å².